The maximum absolute atomic E-state index is 13.7. The van der Waals surface area contributed by atoms with Gasteiger partial charge in [-0.25, -0.2) is 4.39 Å². The van der Waals surface area contributed by atoms with Crippen molar-refractivity contribution in [3.63, 3.8) is 0 Å². The fourth-order valence-corrected chi connectivity index (χ4v) is 3.30. The standard InChI is InChI=1S/C23H24FNO4/c1-27-18-14-20(28-2)23(21(15-18)29-3)17-10-12-25(13-11-17)22(26)9-8-16-6-4-5-7-19(16)24/h4-10,14-15H,11-13H2,1-3H3/b9-8+. The highest BCUT2D eigenvalue weighted by molar-refractivity contribution is 5.92. The van der Waals surface area contributed by atoms with Crippen LogP contribution in [-0.4, -0.2) is 45.2 Å². The molecule has 152 valence electrons. The summed E-state index contributed by atoms with van der Waals surface area (Å²) >= 11 is 0. The Kier molecular flexibility index (Phi) is 6.54. The highest BCUT2D eigenvalue weighted by Crippen LogP contribution is 2.40. The van der Waals surface area contributed by atoms with E-state index < -0.39 is 0 Å². The Morgan fingerprint density at radius 2 is 1.76 bits per heavy atom. The summed E-state index contributed by atoms with van der Waals surface area (Å²) < 4.78 is 30.1. The molecule has 0 radical (unpaired) electrons. The van der Waals surface area contributed by atoms with Crippen LogP contribution in [-0.2, 0) is 4.79 Å². The molecule has 0 bridgehead atoms. The van der Waals surface area contributed by atoms with Crippen LogP contribution in [0.5, 0.6) is 17.2 Å². The third-order valence-electron chi connectivity index (χ3n) is 4.87. The lowest BCUT2D eigenvalue weighted by Gasteiger charge is -2.27. The lowest BCUT2D eigenvalue weighted by molar-refractivity contribution is -0.125. The number of benzene rings is 2. The SMILES string of the molecule is COc1cc(OC)c(C2=CCN(C(=O)/C=C/c3ccccc3F)CC2)c(OC)c1. The van der Waals surface area contributed by atoms with Crippen LogP contribution in [0.4, 0.5) is 4.39 Å². The first kappa shape index (κ1) is 20.5. The van der Waals surface area contributed by atoms with Crippen LogP contribution in [0.15, 0.2) is 48.6 Å². The Labute approximate surface area is 170 Å². The molecule has 3 rings (SSSR count). The lowest BCUT2D eigenvalue weighted by atomic mass is 9.97. The minimum atomic E-state index is -0.351. The number of methoxy groups -OCH3 is 3. The van der Waals surface area contributed by atoms with Gasteiger partial charge in [-0.1, -0.05) is 24.3 Å². The molecule has 2 aromatic carbocycles. The molecule has 1 aliphatic heterocycles. The van der Waals surface area contributed by atoms with Crippen molar-refractivity contribution in [3.05, 3.63) is 65.5 Å². The quantitative estimate of drug-likeness (QED) is 0.686. The molecule has 0 saturated carbocycles. The molecule has 29 heavy (non-hydrogen) atoms. The molecule has 0 atom stereocenters. The highest BCUT2D eigenvalue weighted by Gasteiger charge is 2.22. The average molecular weight is 397 g/mol. The van der Waals surface area contributed by atoms with Crippen LogP contribution in [0.3, 0.4) is 0 Å². The van der Waals surface area contributed by atoms with Crippen LogP contribution in [0, 0.1) is 5.82 Å². The van der Waals surface area contributed by atoms with Crippen molar-refractivity contribution in [1.29, 1.82) is 0 Å². The minimum absolute atomic E-state index is 0.155. The second-order valence-electron chi connectivity index (χ2n) is 6.53. The Morgan fingerprint density at radius 3 is 2.31 bits per heavy atom. The van der Waals surface area contributed by atoms with Gasteiger partial charge < -0.3 is 19.1 Å². The zero-order valence-electron chi connectivity index (χ0n) is 16.8. The van der Waals surface area contributed by atoms with Gasteiger partial charge in [0.05, 0.1) is 26.9 Å². The summed E-state index contributed by atoms with van der Waals surface area (Å²) in [6.45, 7) is 0.999. The van der Waals surface area contributed by atoms with E-state index in [1.807, 2.05) is 18.2 Å². The molecule has 1 amide bonds. The van der Waals surface area contributed by atoms with Gasteiger partial charge in [-0.05, 0) is 24.1 Å². The predicted octanol–water partition coefficient (Wildman–Crippen LogP) is 4.18. The van der Waals surface area contributed by atoms with Crippen molar-refractivity contribution in [2.75, 3.05) is 34.4 Å². The van der Waals surface area contributed by atoms with Crippen LogP contribution in [0.2, 0.25) is 0 Å². The molecule has 0 fully saturated rings. The monoisotopic (exact) mass is 397 g/mol. The molecule has 0 aromatic heterocycles. The molecular weight excluding hydrogens is 373 g/mol. The Balaban J connectivity index is 1.77. The molecule has 2 aromatic rings. The Hall–Kier alpha value is -3.28. The maximum Gasteiger partial charge on any atom is 0.246 e. The van der Waals surface area contributed by atoms with E-state index in [2.05, 4.69) is 0 Å². The molecule has 6 heteroatoms. The first-order chi connectivity index (χ1) is 14.1. The van der Waals surface area contributed by atoms with Gasteiger partial charge in [0.25, 0.3) is 0 Å². The molecule has 0 aliphatic carbocycles. The number of halogens is 1. The third-order valence-corrected chi connectivity index (χ3v) is 4.87. The minimum Gasteiger partial charge on any atom is -0.496 e. The van der Waals surface area contributed by atoms with E-state index in [9.17, 15) is 9.18 Å². The largest absolute Gasteiger partial charge is 0.496 e. The molecule has 0 saturated heterocycles. The smallest absolute Gasteiger partial charge is 0.246 e. The van der Waals surface area contributed by atoms with Crippen molar-refractivity contribution in [2.24, 2.45) is 0 Å². The molecule has 1 heterocycles. The zero-order valence-corrected chi connectivity index (χ0v) is 16.8. The van der Waals surface area contributed by atoms with Crippen LogP contribution >= 0.6 is 0 Å². The van der Waals surface area contributed by atoms with E-state index >= 15 is 0 Å². The van der Waals surface area contributed by atoms with Crippen LogP contribution < -0.4 is 14.2 Å². The highest BCUT2D eigenvalue weighted by atomic mass is 19.1. The lowest BCUT2D eigenvalue weighted by Crippen LogP contribution is -2.33. The Morgan fingerprint density at radius 1 is 1.07 bits per heavy atom. The van der Waals surface area contributed by atoms with Gasteiger partial charge in [0.15, 0.2) is 0 Å². The number of amides is 1. The normalized spacial score (nSPS) is 13.9. The first-order valence-electron chi connectivity index (χ1n) is 9.28. The molecule has 0 N–H and O–H groups in total. The van der Waals surface area contributed by atoms with E-state index in [0.29, 0.717) is 42.3 Å². The van der Waals surface area contributed by atoms with Crippen molar-refractivity contribution in [2.45, 2.75) is 6.42 Å². The van der Waals surface area contributed by atoms with E-state index in [1.165, 1.54) is 18.2 Å². The summed E-state index contributed by atoms with van der Waals surface area (Å²) in [7, 11) is 4.79. The van der Waals surface area contributed by atoms with Gasteiger partial charge in [-0.2, -0.15) is 0 Å². The van der Waals surface area contributed by atoms with E-state index in [1.54, 1.807) is 44.4 Å². The molecule has 5 nitrogen and oxygen atoms in total. The number of hydrogen-bond acceptors (Lipinski definition) is 4. The predicted molar refractivity (Wildman–Crippen MR) is 111 cm³/mol. The summed E-state index contributed by atoms with van der Waals surface area (Å²) in [6.07, 6.45) is 5.56. The third kappa shape index (κ3) is 4.59. The van der Waals surface area contributed by atoms with E-state index in [4.69, 9.17) is 14.2 Å². The summed E-state index contributed by atoms with van der Waals surface area (Å²) in [4.78, 5) is 14.2. The van der Waals surface area contributed by atoms with E-state index in [0.717, 1.165) is 11.1 Å². The number of carbonyl (C=O) groups excluding carboxylic acids is 1. The van der Waals surface area contributed by atoms with Gasteiger partial charge in [-0.3, -0.25) is 4.79 Å². The summed E-state index contributed by atoms with van der Waals surface area (Å²) in [5, 5.41) is 0. The molecule has 1 aliphatic rings. The summed E-state index contributed by atoms with van der Waals surface area (Å²) in [5.74, 6) is 1.46. The topological polar surface area (TPSA) is 48.0 Å². The zero-order chi connectivity index (χ0) is 20.8. The van der Waals surface area contributed by atoms with Gasteiger partial charge in [0.2, 0.25) is 5.91 Å². The molecular formula is C23H24FNO4. The van der Waals surface area contributed by atoms with Gasteiger partial charge in [0, 0.05) is 36.9 Å². The van der Waals surface area contributed by atoms with Crippen molar-refractivity contribution in [1.82, 2.24) is 4.90 Å². The van der Waals surface area contributed by atoms with Crippen molar-refractivity contribution < 1.29 is 23.4 Å². The fourth-order valence-electron chi connectivity index (χ4n) is 3.30. The van der Waals surface area contributed by atoms with Crippen molar-refractivity contribution >= 4 is 17.6 Å². The average Bonchev–Trinajstić information content (AvgIpc) is 2.77. The fraction of sp³-hybridized carbons (Fsp3) is 0.261. The maximum atomic E-state index is 13.7. The van der Waals surface area contributed by atoms with Gasteiger partial charge in [-0.15, -0.1) is 0 Å². The Bertz CT molecular complexity index is 927. The summed E-state index contributed by atoms with van der Waals surface area (Å²) in [5.41, 5.74) is 2.30. The number of carbonyl (C=O) groups is 1. The van der Waals surface area contributed by atoms with Gasteiger partial charge >= 0.3 is 0 Å². The summed E-state index contributed by atoms with van der Waals surface area (Å²) in [6, 6.07) is 9.98. The molecule has 0 unspecified atom stereocenters. The second kappa shape index (κ2) is 9.28. The number of ether oxygens (including phenoxy) is 3. The van der Waals surface area contributed by atoms with E-state index in [-0.39, 0.29) is 11.7 Å². The first-order valence-corrected chi connectivity index (χ1v) is 9.28. The number of nitrogens with zero attached hydrogens (tertiary/aromatic N) is 1. The number of hydrogen-bond donors (Lipinski definition) is 0. The van der Waals surface area contributed by atoms with Gasteiger partial charge in [0.1, 0.15) is 23.1 Å². The molecule has 0 spiro atoms. The second-order valence-corrected chi connectivity index (χ2v) is 6.53. The number of rotatable bonds is 6. The van der Waals surface area contributed by atoms with Crippen LogP contribution in [0.1, 0.15) is 17.5 Å². The van der Waals surface area contributed by atoms with Crippen molar-refractivity contribution in [3.8, 4) is 17.2 Å². The van der Waals surface area contributed by atoms with Crippen LogP contribution in [0.25, 0.3) is 11.6 Å².